The summed E-state index contributed by atoms with van der Waals surface area (Å²) in [7, 11) is 0. The summed E-state index contributed by atoms with van der Waals surface area (Å²) in [6.07, 6.45) is 4.79. The smallest absolute Gasteiger partial charge is 0.243 e. The van der Waals surface area contributed by atoms with E-state index in [1.165, 1.54) is 19.3 Å². The minimum atomic E-state index is 0.0937. The number of hydrogen-bond acceptors (Lipinski definition) is 2. The second kappa shape index (κ2) is 4.75. The Kier molecular flexibility index (Phi) is 3.21. The fourth-order valence-electron chi connectivity index (χ4n) is 2.87. The lowest BCUT2D eigenvalue weighted by atomic mass is 9.80. The lowest BCUT2D eigenvalue weighted by Crippen LogP contribution is -2.26. The van der Waals surface area contributed by atoms with E-state index in [-0.39, 0.29) is 11.8 Å². The Morgan fingerprint density at radius 1 is 1.37 bits per heavy atom. The molecule has 2 aliphatic carbocycles. The summed E-state index contributed by atoms with van der Waals surface area (Å²) in [6.45, 7) is 1.91. The maximum Gasteiger partial charge on any atom is 0.243 e. The van der Waals surface area contributed by atoms with Crippen molar-refractivity contribution >= 4 is 27.5 Å². The number of benzene rings is 1. The first-order valence-electron chi connectivity index (χ1n) is 6.71. The maximum atomic E-state index is 12.0. The van der Waals surface area contributed by atoms with Crippen molar-refractivity contribution in [2.45, 2.75) is 32.6 Å². The first kappa shape index (κ1) is 12.9. The molecule has 3 nitrogen and oxygen atoms in total. The topological polar surface area (TPSA) is 41.5 Å². The Bertz CT molecular complexity index is 532. The zero-order valence-corrected chi connectivity index (χ0v) is 12.5. The van der Waals surface area contributed by atoms with E-state index in [1.807, 2.05) is 31.2 Å². The Balaban J connectivity index is 1.60. The van der Waals surface area contributed by atoms with Crippen molar-refractivity contribution in [3.8, 4) is 0 Å². The van der Waals surface area contributed by atoms with Crippen LogP contribution in [0.1, 0.15) is 38.2 Å². The van der Waals surface area contributed by atoms with Crippen LogP contribution in [0.4, 0.5) is 0 Å². The molecule has 0 saturated heterocycles. The molecule has 2 fully saturated rings. The highest BCUT2D eigenvalue weighted by Crippen LogP contribution is 2.65. The van der Waals surface area contributed by atoms with Crippen molar-refractivity contribution in [1.29, 1.82) is 0 Å². The highest BCUT2D eigenvalue weighted by molar-refractivity contribution is 9.10. The summed E-state index contributed by atoms with van der Waals surface area (Å²) in [4.78, 5) is 12.0. The van der Waals surface area contributed by atoms with Crippen LogP contribution in [0.5, 0.6) is 0 Å². The molecule has 2 aliphatic rings. The van der Waals surface area contributed by atoms with Crippen molar-refractivity contribution in [3.63, 3.8) is 0 Å². The number of amides is 1. The number of carbonyl (C=O) groups is 1. The molecule has 0 radical (unpaired) electrons. The number of nitrogens with zero attached hydrogens (tertiary/aromatic N) is 1. The predicted octanol–water partition coefficient (Wildman–Crippen LogP) is 3.48. The molecule has 1 atom stereocenters. The molecular weight excluding hydrogens is 304 g/mol. The van der Waals surface area contributed by atoms with Crippen LogP contribution in [0.2, 0.25) is 0 Å². The van der Waals surface area contributed by atoms with Gasteiger partial charge < -0.3 is 0 Å². The maximum absolute atomic E-state index is 12.0. The van der Waals surface area contributed by atoms with Crippen molar-refractivity contribution in [3.05, 3.63) is 34.3 Å². The van der Waals surface area contributed by atoms with Gasteiger partial charge >= 0.3 is 0 Å². The Morgan fingerprint density at radius 2 is 2.05 bits per heavy atom. The molecule has 0 unspecified atom stereocenters. The molecule has 100 valence electrons. The summed E-state index contributed by atoms with van der Waals surface area (Å²) in [5.41, 5.74) is 4.95. The Hall–Kier alpha value is -1.16. The number of carbonyl (C=O) groups excluding carboxylic acids is 1. The molecule has 0 bridgehead atoms. The van der Waals surface area contributed by atoms with Gasteiger partial charge in [-0.1, -0.05) is 34.5 Å². The first-order chi connectivity index (χ1) is 9.11. The standard InChI is InChI=1S/C15H17BrN2O/c1-10(11-3-5-12(16)6-4-11)17-18-14(19)13-9-15(13)7-2-8-15/h3-6,13H,2,7-9H2,1H3,(H,18,19)/t13-/m1/s1. The van der Waals surface area contributed by atoms with Gasteiger partial charge in [0.15, 0.2) is 0 Å². The lowest BCUT2D eigenvalue weighted by molar-refractivity contribution is -0.123. The summed E-state index contributed by atoms with van der Waals surface area (Å²) >= 11 is 3.40. The fourth-order valence-corrected chi connectivity index (χ4v) is 3.14. The van der Waals surface area contributed by atoms with Crippen LogP contribution < -0.4 is 5.43 Å². The Morgan fingerprint density at radius 3 is 2.58 bits per heavy atom. The van der Waals surface area contributed by atoms with Gasteiger partial charge in [0.2, 0.25) is 5.91 Å². The number of rotatable bonds is 3. The first-order valence-corrected chi connectivity index (χ1v) is 7.50. The average Bonchev–Trinajstić information content (AvgIpc) is 3.12. The molecule has 1 aromatic carbocycles. The fraction of sp³-hybridized carbons (Fsp3) is 0.467. The SMILES string of the molecule is CC(=NNC(=O)[C@H]1CC12CCC2)c1ccc(Br)cc1. The molecular formula is C15H17BrN2O. The zero-order chi connectivity index (χ0) is 13.5. The van der Waals surface area contributed by atoms with Gasteiger partial charge in [0.1, 0.15) is 0 Å². The van der Waals surface area contributed by atoms with Gasteiger partial charge in [0.05, 0.1) is 5.71 Å². The zero-order valence-electron chi connectivity index (χ0n) is 10.9. The van der Waals surface area contributed by atoms with E-state index in [9.17, 15) is 4.79 Å². The molecule has 0 heterocycles. The van der Waals surface area contributed by atoms with Crippen LogP contribution in [0.3, 0.4) is 0 Å². The van der Waals surface area contributed by atoms with Crippen molar-refractivity contribution in [1.82, 2.24) is 5.43 Å². The van der Waals surface area contributed by atoms with Gasteiger partial charge in [0, 0.05) is 10.4 Å². The lowest BCUT2D eigenvalue weighted by Gasteiger charge is -2.25. The van der Waals surface area contributed by atoms with Gasteiger partial charge in [-0.2, -0.15) is 5.10 Å². The van der Waals surface area contributed by atoms with E-state index in [0.29, 0.717) is 5.41 Å². The predicted molar refractivity (Wildman–Crippen MR) is 78.9 cm³/mol. The third-order valence-corrected chi connectivity index (χ3v) is 4.98. The molecule has 4 heteroatoms. The second-order valence-electron chi connectivity index (χ2n) is 5.65. The van der Waals surface area contributed by atoms with E-state index < -0.39 is 0 Å². The van der Waals surface area contributed by atoms with E-state index in [4.69, 9.17) is 0 Å². The van der Waals surface area contributed by atoms with Crippen LogP contribution in [0, 0.1) is 11.3 Å². The van der Waals surface area contributed by atoms with Crippen molar-refractivity contribution in [2.24, 2.45) is 16.4 Å². The molecule has 0 aliphatic heterocycles. The molecule has 1 N–H and O–H groups in total. The normalized spacial score (nSPS) is 23.9. The number of hydrogen-bond donors (Lipinski definition) is 1. The van der Waals surface area contributed by atoms with Crippen LogP contribution in [-0.2, 0) is 4.79 Å². The van der Waals surface area contributed by atoms with Gasteiger partial charge in [-0.05, 0) is 49.3 Å². The summed E-state index contributed by atoms with van der Waals surface area (Å²) in [5, 5.41) is 4.21. The van der Waals surface area contributed by atoms with Gasteiger partial charge in [-0.3, -0.25) is 4.79 Å². The molecule has 2 saturated carbocycles. The molecule has 1 aromatic rings. The highest BCUT2D eigenvalue weighted by Gasteiger charge is 2.60. The van der Waals surface area contributed by atoms with E-state index in [2.05, 4.69) is 26.5 Å². The van der Waals surface area contributed by atoms with E-state index >= 15 is 0 Å². The average molecular weight is 321 g/mol. The van der Waals surface area contributed by atoms with Crippen LogP contribution in [0.25, 0.3) is 0 Å². The minimum Gasteiger partial charge on any atom is -0.273 e. The van der Waals surface area contributed by atoms with Gasteiger partial charge in [0.25, 0.3) is 0 Å². The number of hydrazone groups is 1. The third-order valence-electron chi connectivity index (χ3n) is 4.45. The number of nitrogens with one attached hydrogen (secondary N) is 1. The van der Waals surface area contributed by atoms with E-state index in [0.717, 1.165) is 22.2 Å². The molecule has 19 heavy (non-hydrogen) atoms. The van der Waals surface area contributed by atoms with Crippen molar-refractivity contribution in [2.75, 3.05) is 0 Å². The van der Waals surface area contributed by atoms with Gasteiger partial charge in [-0.25, -0.2) is 5.43 Å². The quantitative estimate of drug-likeness (QED) is 0.672. The minimum absolute atomic E-state index is 0.0937. The Labute approximate surface area is 121 Å². The monoisotopic (exact) mass is 320 g/mol. The van der Waals surface area contributed by atoms with Crippen LogP contribution in [0.15, 0.2) is 33.8 Å². The third kappa shape index (κ3) is 2.46. The summed E-state index contributed by atoms with van der Waals surface area (Å²) in [6, 6.07) is 7.92. The number of halogens is 1. The molecule has 0 aromatic heterocycles. The molecule has 1 amide bonds. The van der Waals surface area contributed by atoms with Crippen molar-refractivity contribution < 1.29 is 4.79 Å². The molecule has 1 spiro atoms. The van der Waals surface area contributed by atoms with Crippen LogP contribution >= 0.6 is 15.9 Å². The summed E-state index contributed by atoms with van der Waals surface area (Å²) in [5.74, 6) is 0.305. The van der Waals surface area contributed by atoms with Gasteiger partial charge in [-0.15, -0.1) is 0 Å². The largest absolute Gasteiger partial charge is 0.273 e. The van der Waals surface area contributed by atoms with E-state index in [1.54, 1.807) is 0 Å². The highest BCUT2D eigenvalue weighted by atomic mass is 79.9. The molecule has 3 rings (SSSR count). The van der Waals surface area contributed by atoms with Crippen LogP contribution in [-0.4, -0.2) is 11.6 Å². The summed E-state index contributed by atoms with van der Waals surface area (Å²) < 4.78 is 1.04. The second-order valence-corrected chi connectivity index (χ2v) is 6.57.